The lowest BCUT2D eigenvalue weighted by molar-refractivity contribution is -0.856. The van der Waals surface area contributed by atoms with Crippen molar-refractivity contribution >= 4 is 0 Å². The smallest absolute Gasteiger partial charge is 0.126 e. The van der Waals surface area contributed by atoms with Gasteiger partial charge in [-0.2, -0.15) is 0 Å². The summed E-state index contributed by atoms with van der Waals surface area (Å²) in [6.45, 7) is 14.8. The van der Waals surface area contributed by atoms with Gasteiger partial charge in [-0.15, -0.1) is 0 Å². The average molecular weight is 432 g/mol. The molecule has 0 heterocycles. The topological polar surface area (TPSA) is 56.9 Å². The third kappa shape index (κ3) is 8.34. The van der Waals surface area contributed by atoms with E-state index in [-0.39, 0.29) is 23.3 Å². The first-order valence-electron chi connectivity index (χ1n) is 11.9. The molecule has 1 aliphatic carbocycles. The van der Waals surface area contributed by atoms with Crippen LogP contribution in [0.2, 0.25) is 0 Å². The number of nitrogens with one attached hydrogen (secondary N) is 2. The first-order valence-corrected chi connectivity index (χ1v) is 11.9. The molecule has 1 aromatic rings. The molecular formula is C27H47N2O2+. The number of aryl methyl sites for hydroxylation is 1. The Morgan fingerprint density at radius 1 is 1.23 bits per heavy atom. The number of unbranched alkanes of at least 4 members (excludes halogenated alkanes) is 2. The van der Waals surface area contributed by atoms with Crippen molar-refractivity contribution in [1.82, 2.24) is 5.32 Å². The molecule has 0 saturated carbocycles. The zero-order chi connectivity index (χ0) is 23.6. The normalized spacial score (nSPS) is 18.4. The summed E-state index contributed by atoms with van der Waals surface area (Å²) >= 11 is 0. The summed E-state index contributed by atoms with van der Waals surface area (Å²) in [5, 5.41) is 24.6. The minimum absolute atomic E-state index is 0.0136. The lowest BCUT2D eigenvalue weighted by Gasteiger charge is -2.32. The maximum Gasteiger partial charge on any atom is 0.126 e. The fourth-order valence-corrected chi connectivity index (χ4v) is 4.26. The zero-order valence-electron chi connectivity index (χ0n) is 21.1. The largest absolute Gasteiger partial charge is 0.507 e. The Morgan fingerprint density at radius 3 is 2.42 bits per heavy atom. The van der Waals surface area contributed by atoms with Gasteiger partial charge in [-0.05, 0) is 76.6 Å². The van der Waals surface area contributed by atoms with Crippen LogP contribution in [0.15, 0.2) is 29.9 Å². The van der Waals surface area contributed by atoms with Gasteiger partial charge in [0.05, 0.1) is 20.6 Å². The van der Waals surface area contributed by atoms with Gasteiger partial charge in [-0.3, -0.25) is 0 Å². The molecule has 4 N–H and O–H groups in total. The maximum atomic E-state index is 10.8. The third-order valence-electron chi connectivity index (χ3n) is 6.32. The molecule has 0 spiro atoms. The van der Waals surface area contributed by atoms with Crippen molar-refractivity contribution in [2.45, 2.75) is 72.1 Å². The summed E-state index contributed by atoms with van der Waals surface area (Å²) in [4.78, 5) is 1.49. The Hall–Kier alpha value is -1.78. The minimum atomic E-state index is 0.0136. The first kappa shape index (κ1) is 27.3. The molecule has 1 aromatic carbocycles. The van der Waals surface area contributed by atoms with Crippen LogP contribution in [-0.4, -0.2) is 44.4 Å². The number of allylic oxidation sites excluding steroid dienone is 3. The Labute approximate surface area is 191 Å². The SMILES string of the molecule is C=C(C)[C@@H]1CCC(C)=C[C@H]1c1c(O)cc(CCCCC)c(C)c1O.CNCC[NH+](C)C. The van der Waals surface area contributed by atoms with E-state index < -0.39 is 0 Å². The van der Waals surface area contributed by atoms with E-state index in [0.29, 0.717) is 5.56 Å². The Bertz CT molecular complexity index is 737. The minimum Gasteiger partial charge on any atom is -0.507 e. The van der Waals surface area contributed by atoms with E-state index in [4.69, 9.17) is 0 Å². The second-order valence-corrected chi connectivity index (χ2v) is 9.49. The van der Waals surface area contributed by atoms with Crippen molar-refractivity contribution in [3.05, 3.63) is 46.6 Å². The van der Waals surface area contributed by atoms with Crippen LogP contribution in [0.5, 0.6) is 11.5 Å². The highest BCUT2D eigenvalue weighted by atomic mass is 16.3. The van der Waals surface area contributed by atoms with Crippen molar-refractivity contribution in [3.8, 4) is 11.5 Å². The summed E-state index contributed by atoms with van der Waals surface area (Å²) in [7, 11) is 6.28. The second-order valence-electron chi connectivity index (χ2n) is 9.49. The predicted molar refractivity (Wildman–Crippen MR) is 133 cm³/mol. The number of quaternary nitrogens is 1. The quantitative estimate of drug-likeness (QED) is 0.344. The van der Waals surface area contributed by atoms with Crippen molar-refractivity contribution in [3.63, 3.8) is 0 Å². The predicted octanol–water partition coefficient (Wildman–Crippen LogP) is 4.51. The van der Waals surface area contributed by atoms with E-state index in [1.807, 2.05) is 27.0 Å². The number of hydrogen-bond donors (Lipinski definition) is 4. The fraction of sp³-hybridized carbons (Fsp3) is 0.630. The van der Waals surface area contributed by atoms with Crippen LogP contribution in [0.4, 0.5) is 0 Å². The molecular weight excluding hydrogens is 384 g/mol. The lowest BCUT2D eigenvalue weighted by atomic mass is 9.73. The van der Waals surface area contributed by atoms with Gasteiger partial charge >= 0.3 is 0 Å². The molecule has 0 unspecified atom stereocenters. The van der Waals surface area contributed by atoms with E-state index in [9.17, 15) is 10.2 Å². The molecule has 0 bridgehead atoms. The number of aromatic hydroxyl groups is 2. The maximum absolute atomic E-state index is 10.8. The Balaban J connectivity index is 0.000000592. The number of phenols is 2. The molecule has 2 rings (SSSR count). The van der Waals surface area contributed by atoms with Crippen LogP contribution in [0.3, 0.4) is 0 Å². The lowest BCUT2D eigenvalue weighted by Crippen LogP contribution is -3.06. The Morgan fingerprint density at radius 2 is 1.90 bits per heavy atom. The van der Waals surface area contributed by atoms with Crippen molar-refractivity contribution in [2.75, 3.05) is 34.2 Å². The third-order valence-corrected chi connectivity index (χ3v) is 6.32. The highest BCUT2D eigenvalue weighted by Gasteiger charge is 2.31. The van der Waals surface area contributed by atoms with E-state index in [0.717, 1.165) is 48.9 Å². The van der Waals surface area contributed by atoms with Crippen molar-refractivity contribution in [2.24, 2.45) is 5.92 Å². The summed E-state index contributed by atoms with van der Waals surface area (Å²) in [5.41, 5.74) is 5.09. The molecule has 0 fully saturated rings. The molecule has 4 nitrogen and oxygen atoms in total. The van der Waals surface area contributed by atoms with Crippen molar-refractivity contribution < 1.29 is 15.1 Å². The second kappa shape index (κ2) is 13.6. The highest BCUT2D eigenvalue weighted by molar-refractivity contribution is 5.56. The molecule has 4 heteroatoms. The van der Waals surface area contributed by atoms with Gasteiger partial charge in [0.25, 0.3) is 0 Å². The molecule has 2 atom stereocenters. The highest BCUT2D eigenvalue weighted by Crippen LogP contribution is 2.47. The molecule has 0 aliphatic heterocycles. The molecule has 0 amide bonds. The fourth-order valence-electron chi connectivity index (χ4n) is 4.26. The van der Waals surface area contributed by atoms with Crippen LogP contribution < -0.4 is 10.2 Å². The van der Waals surface area contributed by atoms with Crippen molar-refractivity contribution in [1.29, 1.82) is 0 Å². The van der Waals surface area contributed by atoms with Gasteiger partial charge in [0.1, 0.15) is 11.5 Å². The van der Waals surface area contributed by atoms with E-state index >= 15 is 0 Å². The van der Waals surface area contributed by atoms with Crippen LogP contribution in [0.1, 0.15) is 75.5 Å². The molecule has 31 heavy (non-hydrogen) atoms. The summed E-state index contributed by atoms with van der Waals surface area (Å²) in [5.74, 6) is 0.783. The van der Waals surface area contributed by atoms with Gasteiger partial charge in [-0.1, -0.05) is 43.6 Å². The van der Waals surface area contributed by atoms with E-state index in [2.05, 4.69) is 45.9 Å². The molecule has 0 radical (unpaired) electrons. The van der Waals surface area contributed by atoms with E-state index in [1.165, 1.54) is 29.9 Å². The first-order chi connectivity index (χ1) is 14.6. The summed E-state index contributed by atoms with van der Waals surface area (Å²) in [6.07, 6.45) is 8.62. The standard InChI is InChI=1S/C22H32O2.C5H14N2/c1-6-7-8-9-17-13-20(23)21(22(24)16(17)5)19-12-15(4)10-11-18(19)14(2)3;1-6-4-5-7(2)3/h12-13,18-19,23-24H,2,6-11H2,1,3-5H3;6H,4-5H2,1-3H3/p+1/t18-,19+;/m0./s1. The monoisotopic (exact) mass is 431 g/mol. The van der Waals surface area contributed by atoms with Gasteiger partial charge in [-0.25, -0.2) is 0 Å². The Kier molecular flexibility index (Phi) is 12.0. The van der Waals surface area contributed by atoms with Crippen LogP contribution in [-0.2, 0) is 6.42 Å². The van der Waals surface area contributed by atoms with Crippen LogP contribution >= 0.6 is 0 Å². The summed E-state index contributed by atoms with van der Waals surface area (Å²) < 4.78 is 0. The molecule has 0 aromatic heterocycles. The zero-order valence-corrected chi connectivity index (χ0v) is 21.1. The van der Waals surface area contributed by atoms with Crippen LogP contribution in [0, 0.1) is 12.8 Å². The number of benzene rings is 1. The average Bonchev–Trinajstić information content (AvgIpc) is 2.70. The number of rotatable bonds is 9. The molecule has 0 saturated heterocycles. The molecule has 176 valence electrons. The van der Waals surface area contributed by atoms with Gasteiger partial charge in [0.15, 0.2) is 0 Å². The number of likely N-dealkylation sites (N-methyl/N-ethyl adjacent to an activating group) is 2. The number of phenolic OH excluding ortho intramolecular Hbond substituents is 2. The van der Waals surface area contributed by atoms with E-state index in [1.54, 1.807) is 0 Å². The number of hydrogen-bond acceptors (Lipinski definition) is 3. The molecule has 1 aliphatic rings. The van der Waals surface area contributed by atoms with Gasteiger partial charge < -0.3 is 20.4 Å². The van der Waals surface area contributed by atoms with Gasteiger partial charge in [0, 0.05) is 18.0 Å². The van der Waals surface area contributed by atoms with Crippen LogP contribution in [0.25, 0.3) is 0 Å². The summed E-state index contributed by atoms with van der Waals surface area (Å²) in [6, 6.07) is 1.87. The van der Waals surface area contributed by atoms with Gasteiger partial charge in [0.2, 0.25) is 0 Å².